The van der Waals surface area contributed by atoms with Crippen molar-refractivity contribution in [1.29, 1.82) is 0 Å². The van der Waals surface area contributed by atoms with Gasteiger partial charge in [-0.1, -0.05) is 0 Å². The minimum absolute atomic E-state index is 0.0369. The molecule has 1 fully saturated rings. The van der Waals surface area contributed by atoms with E-state index < -0.39 is 0 Å². The molecule has 9 nitrogen and oxygen atoms in total. The van der Waals surface area contributed by atoms with Gasteiger partial charge in [0.05, 0.1) is 18.1 Å². The van der Waals surface area contributed by atoms with Crippen molar-refractivity contribution in [3.8, 4) is 0 Å². The summed E-state index contributed by atoms with van der Waals surface area (Å²) >= 11 is 0. The molecule has 30 heavy (non-hydrogen) atoms. The van der Waals surface area contributed by atoms with Gasteiger partial charge in [0.25, 0.3) is 0 Å². The number of nitrogens with zero attached hydrogens (tertiary/aromatic N) is 5. The Bertz CT molecular complexity index is 1060. The predicted molar refractivity (Wildman–Crippen MR) is 111 cm³/mol. The minimum Gasteiger partial charge on any atom is -0.462 e. The number of hydrogen-bond acceptors (Lipinski definition) is 7. The molecule has 9 heteroatoms. The molecule has 0 saturated carbocycles. The first kappa shape index (κ1) is 19.8. The summed E-state index contributed by atoms with van der Waals surface area (Å²) in [6.07, 6.45) is 1.72. The maximum Gasteiger partial charge on any atom is 0.338 e. The van der Waals surface area contributed by atoms with E-state index in [0.717, 1.165) is 31.0 Å². The summed E-state index contributed by atoms with van der Waals surface area (Å²) in [6.45, 7) is 5.38. The minimum atomic E-state index is -0.369. The van der Waals surface area contributed by atoms with Crippen LogP contribution < -0.4 is 10.2 Å². The van der Waals surface area contributed by atoms with Crippen LogP contribution in [0.25, 0.3) is 5.65 Å². The Hall–Kier alpha value is -3.49. The molecule has 1 N–H and O–H groups in total. The summed E-state index contributed by atoms with van der Waals surface area (Å²) in [4.78, 5) is 26.7. The molecule has 0 aliphatic carbocycles. The highest BCUT2D eigenvalue weighted by Gasteiger charge is 2.27. The first-order chi connectivity index (χ1) is 14.5. The van der Waals surface area contributed by atoms with Crippen molar-refractivity contribution in [2.45, 2.75) is 26.7 Å². The number of ether oxygens (including phenoxy) is 1. The van der Waals surface area contributed by atoms with Gasteiger partial charge in [0.15, 0.2) is 11.5 Å². The van der Waals surface area contributed by atoms with Crippen molar-refractivity contribution in [3.05, 3.63) is 47.8 Å². The molecule has 2 aromatic heterocycles. The zero-order valence-corrected chi connectivity index (χ0v) is 17.0. The number of benzene rings is 1. The molecule has 1 saturated heterocycles. The van der Waals surface area contributed by atoms with Gasteiger partial charge in [0.2, 0.25) is 5.91 Å². The van der Waals surface area contributed by atoms with Gasteiger partial charge in [-0.15, -0.1) is 15.3 Å². The number of fused-ring (bicyclic) bond motifs is 1. The molecular formula is C21H24N6O3. The number of rotatable bonds is 5. The van der Waals surface area contributed by atoms with Crippen LogP contribution in [0.15, 0.2) is 36.4 Å². The lowest BCUT2D eigenvalue weighted by Gasteiger charge is -2.32. The molecule has 3 aromatic rings. The average Bonchev–Trinajstić information content (AvgIpc) is 3.14. The summed E-state index contributed by atoms with van der Waals surface area (Å²) < 4.78 is 6.69. The number of nitrogens with one attached hydrogen (secondary N) is 1. The first-order valence-corrected chi connectivity index (χ1v) is 10.1. The van der Waals surface area contributed by atoms with E-state index in [2.05, 4.69) is 25.5 Å². The van der Waals surface area contributed by atoms with Crippen LogP contribution in [0, 0.1) is 12.8 Å². The van der Waals surface area contributed by atoms with Crippen molar-refractivity contribution in [2.75, 3.05) is 29.9 Å². The Morgan fingerprint density at radius 1 is 1.17 bits per heavy atom. The van der Waals surface area contributed by atoms with E-state index in [1.54, 1.807) is 35.7 Å². The molecule has 1 unspecified atom stereocenters. The summed E-state index contributed by atoms with van der Waals surface area (Å²) in [7, 11) is 0. The fourth-order valence-electron chi connectivity index (χ4n) is 3.60. The number of carbonyl (C=O) groups is 2. The van der Waals surface area contributed by atoms with Crippen LogP contribution in [-0.2, 0) is 9.53 Å². The maximum absolute atomic E-state index is 12.8. The van der Waals surface area contributed by atoms with E-state index in [0.29, 0.717) is 30.0 Å². The van der Waals surface area contributed by atoms with Crippen molar-refractivity contribution in [1.82, 2.24) is 19.8 Å². The summed E-state index contributed by atoms with van der Waals surface area (Å²) in [5, 5.41) is 15.7. The number of amides is 1. The van der Waals surface area contributed by atoms with Crippen molar-refractivity contribution < 1.29 is 14.3 Å². The highest BCUT2D eigenvalue weighted by molar-refractivity contribution is 5.94. The lowest BCUT2D eigenvalue weighted by atomic mass is 9.97. The van der Waals surface area contributed by atoms with Gasteiger partial charge >= 0.3 is 5.97 Å². The second-order valence-corrected chi connectivity index (χ2v) is 7.28. The Morgan fingerprint density at radius 2 is 1.97 bits per heavy atom. The number of hydrogen-bond donors (Lipinski definition) is 1. The number of anilines is 2. The zero-order chi connectivity index (χ0) is 21.1. The van der Waals surface area contributed by atoms with E-state index in [-0.39, 0.29) is 17.8 Å². The van der Waals surface area contributed by atoms with Crippen LogP contribution in [0.5, 0.6) is 0 Å². The topological polar surface area (TPSA) is 102 Å². The summed E-state index contributed by atoms with van der Waals surface area (Å²) in [5.41, 5.74) is 1.82. The Morgan fingerprint density at radius 3 is 2.73 bits per heavy atom. The third-order valence-electron chi connectivity index (χ3n) is 5.18. The second kappa shape index (κ2) is 8.48. The molecular weight excluding hydrogens is 384 g/mol. The van der Waals surface area contributed by atoms with Crippen LogP contribution in [-0.4, -0.2) is 51.4 Å². The highest BCUT2D eigenvalue weighted by Crippen LogP contribution is 2.23. The molecule has 3 heterocycles. The van der Waals surface area contributed by atoms with E-state index in [9.17, 15) is 9.59 Å². The van der Waals surface area contributed by atoms with E-state index in [1.165, 1.54) is 0 Å². The highest BCUT2D eigenvalue weighted by atomic mass is 16.5. The molecule has 0 radical (unpaired) electrons. The van der Waals surface area contributed by atoms with Gasteiger partial charge in [-0.2, -0.15) is 4.52 Å². The van der Waals surface area contributed by atoms with Gasteiger partial charge in [0, 0.05) is 18.8 Å². The fourth-order valence-corrected chi connectivity index (χ4v) is 3.60. The third kappa shape index (κ3) is 4.10. The molecule has 1 aromatic carbocycles. The number of esters is 1. The van der Waals surface area contributed by atoms with E-state index in [4.69, 9.17) is 4.74 Å². The smallest absolute Gasteiger partial charge is 0.338 e. The van der Waals surface area contributed by atoms with Crippen LogP contribution in [0.4, 0.5) is 11.5 Å². The Balaban J connectivity index is 1.41. The van der Waals surface area contributed by atoms with Crippen LogP contribution in [0.3, 0.4) is 0 Å². The molecule has 4 rings (SSSR count). The van der Waals surface area contributed by atoms with Crippen molar-refractivity contribution in [2.24, 2.45) is 5.92 Å². The molecule has 1 aliphatic rings. The van der Waals surface area contributed by atoms with Crippen LogP contribution >= 0.6 is 0 Å². The monoisotopic (exact) mass is 408 g/mol. The molecule has 0 bridgehead atoms. The second-order valence-electron chi connectivity index (χ2n) is 7.28. The van der Waals surface area contributed by atoms with Crippen LogP contribution in [0.2, 0.25) is 0 Å². The number of piperidine rings is 1. The fraction of sp³-hybridized carbons (Fsp3) is 0.381. The quantitative estimate of drug-likeness (QED) is 0.647. The predicted octanol–water partition coefficient (Wildman–Crippen LogP) is 2.46. The van der Waals surface area contributed by atoms with Crippen LogP contribution in [0.1, 0.15) is 35.9 Å². The summed E-state index contributed by atoms with van der Waals surface area (Å²) in [5.74, 6) is 0.977. The van der Waals surface area contributed by atoms with Gasteiger partial charge < -0.3 is 15.0 Å². The molecule has 1 amide bonds. The van der Waals surface area contributed by atoms with E-state index >= 15 is 0 Å². The lowest BCUT2D eigenvalue weighted by molar-refractivity contribution is -0.120. The normalized spacial score (nSPS) is 16.5. The molecule has 156 valence electrons. The largest absolute Gasteiger partial charge is 0.462 e. The third-order valence-corrected chi connectivity index (χ3v) is 5.18. The van der Waals surface area contributed by atoms with Crippen molar-refractivity contribution in [3.63, 3.8) is 0 Å². The first-order valence-electron chi connectivity index (χ1n) is 10.1. The molecule has 0 spiro atoms. The summed E-state index contributed by atoms with van der Waals surface area (Å²) in [6, 6.07) is 10.5. The zero-order valence-electron chi connectivity index (χ0n) is 17.0. The molecule has 1 aliphatic heterocycles. The Labute approximate surface area is 174 Å². The van der Waals surface area contributed by atoms with Gasteiger partial charge in [0.1, 0.15) is 5.82 Å². The Kier molecular flexibility index (Phi) is 5.60. The standard InChI is InChI=1S/C21H24N6O3/c1-3-30-21(29)15-6-8-17(9-7-15)22-20(28)16-5-4-12-26(13-16)19-11-10-18-24-23-14(2)27(18)25-19/h6-11,16H,3-5,12-13H2,1-2H3,(H,22,28). The van der Waals surface area contributed by atoms with Gasteiger partial charge in [-0.25, -0.2) is 4.79 Å². The molecule has 1 atom stereocenters. The van der Waals surface area contributed by atoms with E-state index in [1.807, 2.05) is 19.1 Å². The van der Waals surface area contributed by atoms with Gasteiger partial charge in [-0.3, -0.25) is 4.79 Å². The number of aryl methyl sites for hydroxylation is 1. The lowest BCUT2D eigenvalue weighted by Crippen LogP contribution is -2.41. The SMILES string of the molecule is CCOC(=O)c1ccc(NC(=O)C2CCCN(c3ccc4nnc(C)n4n3)C2)cc1. The number of carbonyl (C=O) groups excluding carboxylic acids is 2. The van der Waals surface area contributed by atoms with Crippen molar-refractivity contribution >= 4 is 29.0 Å². The van der Waals surface area contributed by atoms with Gasteiger partial charge in [-0.05, 0) is 63.1 Å². The average molecular weight is 408 g/mol. The maximum atomic E-state index is 12.8. The number of aromatic nitrogens is 4.